The molecule has 0 bridgehead atoms. The number of aromatic amines is 1. The maximum absolute atomic E-state index is 11.2. The smallest absolute Gasteiger partial charge is 0.248 e. The molecule has 0 spiro atoms. The van der Waals surface area contributed by atoms with E-state index in [4.69, 9.17) is 10.7 Å². The van der Waals surface area contributed by atoms with Crippen molar-refractivity contribution in [1.29, 1.82) is 0 Å². The summed E-state index contributed by atoms with van der Waals surface area (Å²) < 4.78 is 0. The lowest BCUT2D eigenvalue weighted by atomic mass is 10.0. The number of aromatic nitrogens is 2. The van der Waals surface area contributed by atoms with Crippen molar-refractivity contribution in [2.24, 2.45) is 5.73 Å². The number of hydrogen-bond donors (Lipinski definition) is 3. The Balaban J connectivity index is 1.52. The van der Waals surface area contributed by atoms with Crippen molar-refractivity contribution in [3.63, 3.8) is 0 Å². The summed E-state index contributed by atoms with van der Waals surface area (Å²) in [6.45, 7) is 4.24. The largest absolute Gasteiger partial charge is 0.366 e. The number of carbonyl (C=O) groups excluding carboxylic acids is 1. The third kappa shape index (κ3) is 2.95. The maximum Gasteiger partial charge on any atom is 0.248 e. The summed E-state index contributed by atoms with van der Waals surface area (Å²) in [6.07, 6.45) is 3.52. The minimum Gasteiger partial charge on any atom is -0.366 e. The zero-order chi connectivity index (χ0) is 16.5. The normalized spacial score (nSPS) is 21.4. The van der Waals surface area contributed by atoms with Crippen molar-refractivity contribution in [2.45, 2.75) is 31.8 Å². The Morgan fingerprint density at radius 2 is 2.12 bits per heavy atom. The lowest BCUT2D eigenvalue weighted by Crippen LogP contribution is -2.47. The first-order valence-corrected chi connectivity index (χ1v) is 8.63. The third-order valence-electron chi connectivity index (χ3n) is 5.09. The maximum atomic E-state index is 11.2. The first-order valence-electron chi connectivity index (χ1n) is 8.63. The van der Waals surface area contributed by atoms with E-state index in [-0.39, 0.29) is 0 Å². The van der Waals surface area contributed by atoms with Crippen molar-refractivity contribution >= 4 is 5.91 Å². The Morgan fingerprint density at radius 1 is 1.29 bits per heavy atom. The van der Waals surface area contributed by atoms with E-state index in [1.54, 1.807) is 12.1 Å². The van der Waals surface area contributed by atoms with Crippen LogP contribution in [0.3, 0.4) is 0 Å². The summed E-state index contributed by atoms with van der Waals surface area (Å²) in [5, 5.41) is 3.50. The van der Waals surface area contributed by atoms with Gasteiger partial charge in [-0.25, -0.2) is 4.98 Å². The van der Waals surface area contributed by atoms with Crippen molar-refractivity contribution in [3.05, 3.63) is 41.2 Å². The molecule has 1 amide bonds. The second-order valence-electron chi connectivity index (χ2n) is 6.67. The number of primary amides is 1. The van der Waals surface area contributed by atoms with E-state index in [0.29, 0.717) is 11.6 Å². The van der Waals surface area contributed by atoms with E-state index in [1.165, 1.54) is 24.2 Å². The molecule has 1 aromatic heterocycles. The van der Waals surface area contributed by atoms with Crippen LogP contribution in [-0.2, 0) is 13.0 Å². The zero-order valence-electron chi connectivity index (χ0n) is 13.7. The number of fused-ring (bicyclic) bond motifs is 1. The van der Waals surface area contributed by atoms with Gasteiger partial charge in [0.1, 0.15) is 5.82 Å². The van der Waals surface area contributed by atoms with Crippen molar-refractivity contribution in [3.8, 4) is 11.4 Å². The molecule has 2 aromatic rings. The second kappa shape index (κ2) is 6.37. The number of carbonyl (C=O) groups is 1. The van der Waals surface area contributed by atoms with Gasteiger partial charge >= 0.3 is 0 Å². The van der Waals surface area contributed by atoms with E-state index in [1.807, 2.05) is 12.1 Å². The van der Waals surface area contributed by atoms with Crippen LogP contribution in [-0.4, -0.2) is 46.5 Å². The van der Waals surface area contributed by atoms with Crippen LogP contribution in [0.1, 0.15) is 34.6 Å². The van der Waals surface area contributed by atoms with E-state index < -0.39 is 5.91 Å². The number of nitrogens with one attached hydrogen (secondary N) is 2. The van der Waals surface area contributed by atoms with Gasteiger partial charge in [-0.3, -0.25) is 9.69 Å². The predicted molar refractivity (Wildman–Crippen MR) is 92.5 cm³/mol. The quantitative estimate of drug-likeness (QED) is 0.793. The van der Waals surface area contributed by atoms with Crippen LogP contribution in [0.2, 0.25) is 0 Å². The Morgan fingerprint density at radius 3 is 2.83 bits per heavy atom. The van der Waals surface area contributed by atoms with E-state index in [9.17, 15) is 4.79 Å². The van der Waals surface area contributed by atoms with Crippen LogP contribution in [0.4, 0.5) is 0 Å². The van der Waals surface area contributed by atoms with Crippen LogP contribution < -0.4 is 11.1 Å². The number of H-pyrrole nitrogens is 1. The molecule has 24 heavy (non-hydrogen) atoms. The van der Waals surface area contributed by atoms with Gasteiger partial charge < -0.3 is 16.0 Å². The summed E-state index contributed by atoms with van der Waals surface area (Å²) >= 11 is 0. The molecule has 4 N–H and O–H groups in total. The van der Waals surface area contributed by atoms with E-state index in [2.05, 4.69) is 15.2 Å². The van der Waals surface area contributed by atoms with Crippen LogP contribution in [0, 0.1) is 0 Å². The summed E-state index contributed by atoms with van der Waals surface area (Å²) in [5.41, 5.74) is 9.19. The molecule has 1 saturated heterocycles. The lowest BCUT2D eigenvalue weighted by Gasteiger charge is -2.36. The van der Waals surface area contributed by atoms with Gasteiger partial charge in [0.2, 0.25) is 5.91 Å². The number of nitrogens with zero attached hydrogens (tertiary/aromatic N) is 2. The minimum absolute atomic E-state index is 0.406. The number of nitrogens with two attached hydrogens (primary N) is 1. The monoisotopic (exact) mass is 325 g/mol. The number of benzene rings is 1. The molecule has 6 nitrogen and oxygen atoms in total. The molecule has 126 valence electrons. The molecule has 0 saturated carbocycles. The number of rotatable bonds is 3. The van der Waals surface area contributed by atoms with Gasteiger partial charge in [-0.15, -0.1) is 0 Å². The molecule has 1 atom stereocenters. The number of hydrogen-bond acceptors (Lipinski definition) is 4. The van der Waals surface area contributed by atoms with E-state index >= 15 is 0 Å². The van der Waals surface area contributed by atoms with Crippen LogP contribution >= 0.6 is 0 Å². The Hall–Kier alpha value is -2.18. The van der Waals surface area contributed by atoms with Gasteiger partial charge in [0.05, 0.1) is 11.4 Å². The first-order chi connectivity index (χ1) is 11.7. The van der Waals surface area contributed by atoms with Crippen molar-refractivity contribution in [1.82, 2.24) is 20.2 Å². The standard InChI is InChI=1S/C18H23N5O/c19-17(24)12-3-5-13(6-4-12)18-21-15-7-9-23(11-16(15)22-18)14-2-1-8-20-10-14/h3-6,14,20H,1-2,7-11H2,(H2,19,24)(H,21,22). The molecule has 6 heteroatoms. The number of imidazole rings is 1. The molecule has 4 rings (SSSR count). The van der Waals surface area contributed by atoms with Gasteiger partial charge in [0.25, 0.3) is 0 Å². The summed E-state index contributed by atoms with van der Waals surface area (Å²) in [6, 6.07) is 7.92. The van der Waals surface area contributed by atoms with Gasteiger partial charge in [-0.2, -0.15) is 0 Å². The van der Waals surface area contributed by atoms with Crippen LogP contribution in [0.15, 0.2) is 24.3 Å². The lowest BCUT2D eigenvalue weighted by molar-refractivity contribution is 0.100. The molecule has 3 heterocycles. The average molecular weight is 325 g/mol. The van der Waals surface area contributed by atoms with Gasteiger partial charge in [0, 0.05) is 43.2 Å². The molecule has 1 aromatic carbocycles. The van der Waals surface area contributed by atoms with E-state index in [0.717, 1.165) is 44.0 Å². The Kier molecular flexibility index (Phi) is 4.08. The SMILES string of the molecule is NC(=O)c1ccc(-c2nc3c([nH]2)CN(C2CCCNC2)CC3)cc1. The molecule has 2 aliphatic rings. The first kappa shape index (κ1) is 15.4. The molecule has 0 aliphatic carbocycles. The highest BCUT2D eigenvalue weighted by Gasteiger charge is 2.27. The third-order valence-corrected chi connectivity index (χ3v) is 5.09. The van der Waals surface area contributed by atoms with Crippen molar-refractivity contribution < 1.29 is 4.79 Å². The molecule has 1 fully saturated rings. The highest BCUT2D eigenvalue weighted by Crippen LogP contribution is 2.25. The summed E-state index contributed by atoms with van der Waals surface area (Å²) in [5.74, 6) is 0.469. The van der Waals surface area contributed by atoms with Gasteiger partial charge in [-0.1, -0.05) is 12.1 Å². The number of amides is 1. The Bertz CT molecular complexity index is 730. The highest BCUT2D eigenvalue weighted by atomic mass is 16.1. The fourth-order valence-electron chi connectivity index (χ4n) is 3.70. The highest BCUT2D eigenvalue weighted by molar-refractivity contribution is 5.93. The summed E-state index contributed by atoms with van der Waals surface area (Å²) in [7, 11) is 0. The van der Waals surface area contributed by atoms with Crippen molar-refractivity contribution in [2.75, 3.05) is 19.6 Å². The minimum atomic E-state index is -0.406. The zero-order valence-corrected chi connectivity index (χ0v) is 13.7. The molecular formula is C18H23N5O. The molecular weight excluding hydrogens is 302 g/mol. The average Bonchev–Trinajstić information content (AvgIpc) is 3.06. The van der Waals surface area contributed by atoms with Gasteiger partial charge in [0.15, 0.2) is 0 Å². The number of piperidine rings is 1. The molecule has 0 radical (unpaired) electrons. The molecule has 2 aliphatic heterocycles. The fourth-order valence-corrected chi connectivity index (χ4v) is 3.70. The van der Waals surface area contributed by atoms with Gasteiger partial charge in [-0.05, 0) is 31.5 Å². The summed E-state index contributed by atoms with van der Waals surface area (Å²) in [4.78, 5) is 22.0. The topological polar surface area (TPSA) is 87.0 Å². The molecule has 1 unspecified atom stereocenters. The second-order valence-corrected chi connectivity index (χ2v) is 6.67. The van der Waals surface area contributed by atoms with Crippen LogP contribution in [0.5, 0.6) is 0 Å². The fraction of sp³-hybridized carbons (Fsp3) is 0.444. The Labute approximate surface area is 141 Å². The predicted octanol–water partition coefficient (Wildman–Crippen LogP) is 1.29. The van der Waals surface area contributed by atoms with Crippen LogP contribution in [0.25, 0.3) is 11.4 Å².